The number of hydrogen-bond donors (Lipinski definition) is 1. The monoisotopic (exact) mass is 557 g/mol. The van der Waals surface area contributed by atoms with Crippen LogP contribution in [0.5, 0.6) is 5.75 Å². The molecular weight excluding hydrogens is 524 g/mol. The minimum absolute atomic E-state index is 0.0197. The normalized spacial score (nSPS) is 28.4. The Bertz CT molecular complexity index is 1170. The number of rotatable bonds is 6. The lowest BCUT2D eigenvalue weighted by atomic mass is 9.78. The summed E-state index contributed by atoms with van der Waals surface area (Å²) in [7, 11) is 0. The van der Waals surface area contributed by atoms with Gasteiger partial charge in [-0.25, -0.2) is 0 Å². The lowest BCUT2D eigenvalue weighted by molar-refractivity contribution is -0.185. The van der Waals surface area contributed by atoms with Crippen LogP contribution < -0.4 is 4.74 Å². The van der Waals surface area contributed by atoms with Crippen LogP contribution in [0.1, 0.15) is 68.9 Å². The molecule has 0 aromatic heterocycles. The van der Waals surface area contributed by atoms with Crippen molar-refractivity contribution in [1.29, 1.82) is 0 Å². The second kappa shape index (κ2) is 10.8. The van der Waals surface area contributed by atoms with E-state index in [1.165, 1.54) is 6.07 Å². The van der Waals surface area contributed by atoms with Crippen molar-refractivity contribution in [1.82, 2.24) is 4.90 Å². The Balaban J connectivity index is 1.34. The van der Waals surface area contributed by atoms with Gasteiger partial charge in [0.2, 0.25) is 0 Å². The lowest BCUT2D eigenvalue weighted by Gasteiger charge is -2.48. The highest BCUT2D eigenvalue weighted by molar-refractivity contribution is 5.89. The highest BCUT2D eigenvalue weighted by atomic mass is 19.4. The molecule has 2 aromatic rings. The first-order valence-electron chi connectivity index (χ1n) is 13.7. The van der Waals surface area contributed by atoms with Crippen molar-refractivity contribution >= 4 is 16.7 Å². The van der Waals surface area contributed by atoms with Crippen molar-refractivity contribution in [3.63, 3.8) is 0 Å². The van der Waals surface area contributed by atoms with Crippen LogP contribution in [-0.4, -0.2) is 46.9 Å². The summed E-state index contributed by atoms with van der Waals surface area (Å²) in [6.45, 7) is 0.646. The number of piperidine rings is 2. The lowest BCUT2D eigenvalue weighted by Crippen LogP contribution is -2.53. The quantitative estimate of drug-likeness (QED) is 0.371. The van der Waals surface area contributed by atoms with Gasteiger partial charge in [-0.1, -0.05) is 30.7 Å². The van der Waals surface area contributed by atoms with Crippen molar-refractivity contribution < 1.29 is 41.0 Å². The maximum absolute atomic E-state index is 14.3. The maximum Gasteiger partial charge on any atom is 0.420 e. The number of carboxylic acid groups (broad SMARTS) is 1. The molecule has 0 radical (unpaired) electrons. The first kappa shape index (κ1) is 28.1. The molecule has 3 aliphatic rings. The van der Waals surface area contributed by atoms with Crippen molar-refractivity contribution in [3.8, 4) is 5.75 Å². The third-order valence-corrected chi connectivity index (χ3v) is 8.90. The van der Waals surface area contributed by atoms with Crippen molar-refractivity contribution in [2.24, 2.45) is 11.8 Å². The molecule has 2 atom stereocenters. The fourth-order valence-electron chi connectivity index (χ4n) is 6.88. The van der Waals surface area contributed by atoms with Gasteiger partial charge in [0.25, 0.3) is 0 Å². The number of ether oxygens (including phenoxy) is 1. The SMILES string of the molecule is O=C(O)C1CC2CCCC(C1)N2CCc1ccc2ccc(OC3CCC(C(F)(F)F)CC3)c(C(F)(F)F)c2c1. The first-order chi connectivity index (χ1) is 18.4. The molecule has 39 heavy (non-hydrogen) atoms. The molecule has 2 aliphatic heterocycles. The summed E-state index contributed by atoms with van der Waals surface area (Å²) in [5.41, 5.74) is -0.145. The standard InChI is InChI=1S/C29H33F6NO3/c30-28(31,32)20-7-9-23(10-8-20)39-25-11-6-18-5-4-17(14-24(18)26(25)29(33,34)35)12-13-36-21-2-1-3-22(36)16-19(15-21)27(37)38/h4-6,11,14,19-23H,1-3,7-10,12-13,15-16H2,(H,37,38). The van der Waals surface area contributed by atoms with Crippen LogP contribution in [0.15, 0.2) is 30.3 Å². The number of hydrogen-bond acceptors (Lipinski definition) is 3. The van der Waals surface area contributed by atoms with Gasteiger partial charge in [-0.05, 0) is 80.2 Å². The molecular formula is C29H33F6NO3. The third-order valence-electron chi connectivity index (χ3n) is 8.90. The van der Waals surface area contributed by atoms with E-state index < -0.39 is 35.9 Å². The summed E-state index contributed by atoms with van der Waals surface area (Å²) in [5.74, 6) is -2.87. The third kappa shape index (κ3) is 6.15. The van der Waals surface area contributed by atoms with Gasteiger partial charge in [0.05, 0.1) is 17.9 Å². The average Bonchev–Trinajstić information content (AvgIpc) is 2.85. The first-order valence-corrected chi connectivity index (χ1v) is 13.7. The van der Waals surface area contributed by atoms with E-state index in [0.717, 1.165) is 24.8 Å². The van der Waals surface area contributed by atoms with Gasteiger partial charge in [-0.2, -0.15) is 26.3 Å². The van der Waals surface area contributed by atoms with E-state index in [-0.39, 0.29) is 54.8 Å². The minimum Gasteiger partial charge on any atom is -0.490 e. The van der Waals surface area contributed by atoms with E-state index in [1.54, 1.807) is 18.2 Å². The number of halogens is 6. The highest BCUT2D eigenvalue weighted by Gasteiger charge is 2.43. The van der Waals surface area contributed by atoms with E-state index in [0.29, 0.717) is 31.2 Å². The summed E-state index contributed by atoms with van der Waals surface area (Å²) in [5, 5.41) is 9.92. The second-order valence-corrected chi connectivity index (χ2v) is 11.4. The molecule has 5 rings (SSSR count). The van der Waals surface area contributed by atoms with Crippen LogP contribution in [0.2, 0.25) is 0 Å². The zero-order valence-electron chi connectivity index (χ0n) is 21.5. The van der Waals surface area contributed by atoms with Gasteiger partial charge < -0.3 is 9.84 Å². The summed E-state index contributed by atoms with van der Waals surface area (Å²) in [6, 6.07) is 8.22. The molecule has 1 N–H and O–H groups in total. The molecule has 0 spiro atoms. The Kier molecular flexibility index (Phi) is 7.79. The smallest absolute Gasteiger partial charge is 0.420 e. The van der Waals surface area contributed by atoms with E-state index >= 15 is 0 Å². The number of carboxylic acids is 1. The van der Waals surface area contributed by atoms with Crippen LogP contribution in [0.3, 0.4) is 0 Å². The van der Waals surface area contributed by atoms with Crippen molar-refractivity contribution in [2.75, 3.05) is 6.54 Å². The molecule has 1 aliphatic carbocycles. The van der Waals surface area contributed by atoms with Crippen LogP contribution in [0.4, 0.5) is 26.3 Å². The predicted molar refractivity (Wildman–Crippen MR) is 134 cm³/mol. The number of nitrogens with zero attached hydrogens (tertiary/aromatic N) is 1. The number of alkyl halides is 6. The summed E-state index contributed by atoms with van der Waals surface area (Å²) in [4.78, 5) is 13.9. The van der Waals surface area contributed by atoms with Gasteiger partial charge in [0, 0.05) is 18.6 Å². The van der Waals surface area contributed by atoms with E-state index in [4.69, 9.17) is 4.74 Å². The van der Waals surface area contributed by atoms with Crippen LogP contribution in [0.25, 0.3) is 10.8 Å². The minimum atomic E-state index is -4.70. The Morgan fingerprint density at radius 1 is 0.923 bits per heavy atom. The molecule has 2 aromatic carbocycles. The molecule has 4 nitrogen and oxygen atoms in total. The highest BCUT2D eigenvalue weighted by Crippen LogP contribution is 2.44. The number of aliphatic carboxylic acids is 1. The fourth-order valence-corrected chi connectivity index (χ4v) is 6.88. The summed E-state index contributed by atoms with van der Waals surface area (Å²) < 4.78 is 87.7. The predicted octanol–water partition coefficient (Wildman–Crippen LogP) is 7.62. The van der Waals surface area contributed by atoms with Crippen LogP contribution in [-0.2, 0) is 17.4 Å². The van der Waals surface area contributed by atoms with Gasteiger partial charge in [0.1, 0.15) is 11.3 Å². The van der Waals surface area contributed by atoms with E-state index in [2.05, 4.69) is 4.90 Å². The van der Waals surface area contributed by atoms with Gasteiger partial charge >= 0.3 is 18.3 Å². The Labute approximate surface area is 223 Å². The number of carbonyl (C=O) groups is 1. The topological polar surface area (TPSA) is 49.8 Å². The Hall–Kier alpha value is -2.49. The second-order valence-electron chi connectivity index (χ2n) is 11.4. The fraction of sp³-hybridized carbons (Fsp3) is 0.621. The Morgan fingerprint density at radius 3 is 2.15 bits per heavy atom. The molecule has 1 saturated carbocycles. The molecule has 0 amide bonds. The molecule has 214 valence electrons. The van der Waals surface area contributed by atoms with E-state index in [9.17, 15) is 36.2 Å². The molecule has 10 heteroatoms. The number of benzene rings is 2. The average molecular weight is 558 g/mol. The molecule has 2 bridgehead atoms. The van der Waals surface area contributed by atoms with Gasteiger partial charge in [0.15, 0.2) is 0 Å². The van der Waals surface area contributed by atoms with Crippen LogP contribution in [0, 0.1) is 11.8 Å². The molecule has 3 fully saturated rings. The van der Waals surface area contributed by atoms with Gasteiger partial charge in [-0.3, -0.25) is 9.69 Å². The van der Waals surface area contributed by atoms with Crippen molar-refractivity contribution in [3.05, 3.63) is 41.5 Å². The van der Waals surface area contributed by atoms with Gasteiger partial charge in [-0.15, -0.1) is 0 Å². The molecule has 2 heterocycles. The zero-order chi connectivity index (χ0) is 27.9. The summed E-state index contributed by atoms with van der Waals surface area (Å²) >= 11 is 0. The largest absolute Gasteiger partial charge is 0.490 e. The Morgan fingerprint density at radius 2 is 1.56 bits per heavy atom. The number of fused-ring (bicyclic) bond motifs is 3. The van der Waals surface area contributed by atoms with Crippen molar-refractivity contribution in [2.45, 2.75) is 94.7 Å². The molecule has 2 saturated heterocycles. The summed E-state index contributed by atoms with van der Waals surface area (Å²) in [6.07, 6.45) is -5.23. The zero-order valence-corrected chi connectivity index (χ0v) is 21.5. The van der Waals surface area contributed by atoms with Crippen LogP contribution >= 0.6 is 0 Å². The molecule has 2 unspecified atom stereocenters. The maximum atomic E-state index is 14.3. The van der Waals surface area contributed by atoms with E-state index in [1.807, 2.05) is 6.07 Å².